The molecule has 0 aromatic heterocycles. The van der Waals surface area contributed by atoms with E-state index in [9.17, 15) is 13.6 Å². The van der Waals surface area contributed by atoms with Crippen LogP contribution >= 0.6 is 15.9 Å². The summed E-state index contributed by atoms with van der Waals surface area (Å²) in [5.41, 5.74) is 1.85. The number of halogens is 3. The molecule has 0 saturated heterocycles. The van der Waals surface area contributed by atoms with Crippen molar-refractivity contribution in [2.45, 2.75) is 13.8 Å². The Kier molecular flexibility index (Phi) is 3.80. The van der Waals surface area contributed by atoms with Crippen LogP contribution in [-0.2, 0) is 0 Å². The van der Waals surface area contributed by atoms with Gasteiger partial charge in [0, 0.05) is 10.0 Å². The predicted octanol–water partition coefficient (Wildman–Crippen LogP) is 4.58. The van der Waals surface area contributed by atoms with Crippen LogP contribution in [0.3, 0.4) is 0 Å². The van der Waals surface area contributed by atoms with Crippen molar-refractivity contribution in [1.29, 1.82) is 0 Å². The molecule has 0 saturated carbocycles. The molecule has 0 fully saturated rings. The van der Waals surface area contributed by atoms with Gasteiger partial charge in [-0.25, -0.2) is 8.78 Å². The van der Waals surface area contributed by atoms with Crippen LogP contribution in [0.4, 0.5) is 8.78 Å². The summed E-state index contributed by atoms with van der Waals surface area (Å²) in [7, 11) is 0. The van der Waals surface area contributed by atoms with Gasteiger partial charge in [-0.05, 0) is 49.2 Å². The number of rotatable bonds is 2. The highest BCUT2D eigenvalue weighted by Crippen LogP contribution is 2.24. The Balaban J connectivity index is 2.53. The molecule has 2 rings (SSSR count). The highest BCUT2D eigenvalue weighted by molar-refractivity contribution is 9.10. The van der Waals surface area contributed by atoms with Gasteiger partial charge in [-0.15, -0.1) is 0 Å². The molecule has 1 nitrogen and oxygen atoms in total. The zero-order valence-electron chi connectivity index (χ0n) is 10.4. The summed E-state index contributed by atoms with van der Waals surface area (Å²) in [5.74, 6) is -2.64. The van der Waals surface area contributed by atoms with E-state index in [-0.39, 0.29) is 5.56 Å². The maximum Gasteiger partial charge on any atom is 0.196 e. The van der Waals surface area contributed by atoms with Crippen molar-refractivity contribution >= 4 is 21.7 Å². The van der Waals surface area contributed by atoms with Gasteiger partial charge < -0.3 is 0 Å². The van der Waals surface area contributed by atoms with E-state index >= 15 is 0 Å². The van der Waals surface area contributed by atoms with Gasteiger partial charge in [0.15, 0.2) is 17.4 Å². The standard InChI is InChI=1S/C15H11BrF2O/c1-8-6-10(7-9(2)13(8)16)15(19)11-4-3-5-12(17)14(11)18/h3-7H,1-2H3. The molecule has 0 atom stereocenters. The summed E-state index contributed by atoms with van der Waals surface area (Å²) in [6.45, 7) is 3.69. The number of benzene rings is 2. The summed E-state index contributed by atoms with van der Waals surface area (Å²) in [6, 6.07) is 6.91. The second kappa shape index (κ2) is 5.21. The van der Waals surface area contributed by atoms with Crippen molar-refractivity contribution in [3.63, 3.8) is 0 Å². The molecule has 0 aliphatic heterocycles. The van der Waals surface area contributed by atoms with E-state index in [4.69, 9.17) is 0 Å². The Bertz CT molecular complexity index is 642. The second-order valence-corrected chi connectivity index (χ2v) is 5.15. The third kappa shape index (κ3) is 2.59. The first kappa shape index (κ1) is 13.9. The van der Waals surface area contributed by atoms with Gasteiger partial charge in [0.1, 0.15) is 0 Å². The lowest BCUT2D eigenvalue weighted by Crippen LogP contribution is -2.06. The van der Waals surface area contributed by atoms with Crippen LogP contribution in [0.25, 0.3) is 0 Å². The number of carbonyl (C=O) groups excluding carboxylic acids is 1. The Hall–Kier alpha value is -1.55. The molecular formula is C15H11BrF2O. The summed E-state index contributed by atoms with van der Waals surface area (Å²) < 4.78 is 27.7. The SMILES string of the molecule is Cc1cc(C(=O)c2cccc(F)c2F)cc(C)c1Br. The Morgan fingerprint density at radius 3 is 2.26 bits per heavy atom. The van der Waals surface area contributed by atoms with Crippen molar-refractivity contribution in [3.8, 4) is 0 Å². The minimum atomic E-state index is -1.11. The first-order valence-corrected chi connectivity index (χ1v) is 6.46. The minimum absolute atomic E-state index is 0.249. The fraction of sp³-hybridized carbons (Fsp3) is 0.133. The number of aryl methyl sites for hydroxylation is 2. The fourth-order valence-corrected chi connectivity index (χ4v) is 2.14. The van der Waals surface area contributed by atoms with Crippen LogP contribution in [0.2, 0.25) is 0 Å². The molecule has 0 N–H and O–H groups in total. The summed E-state index contributed by atoms with van der Waals surface area (Å²) >= 11 is 3.40. The Morgan fingerprint density at radius 1 is 1.11 bits per heavy atom. The van der Waals surface area contributed by atoms with Crippen molar-refractivity contribution in [1.82, 2.24) is 0 Å². The van der Waals surface area contributed by atoms with Gasteiger partial charge in [0.2, 0.25) is 0 Å². The van der Waals surface area contributed by atoms with Crippen LogP contribution in [0.5, 0.6) is 0 Å². The van der Waals surface area contributed by atoms with Gasteiger partial charge in [-0.2, -0.15) is 0 Å². The number of hydrogen-bond acceptors (Lipinski definition) is 1. The van der Waals surface area contributed by atoms with E-state index in [1.54, 1.807) is 12.1 Å². The maximum absolute atomic E-state index is 13.6. The Labute approximate surface area is 118 Å². The molecule has 4 heteroatoms. The lowest BCUT2D eigenvalue weighted by Gasteiger charge is -2.08. The maximum atomic E-state index is 13.6. The molecule has 0 spiro atoms. The average Bonchev–Trinajstić information content (AvgIpc) is 2.38. The van der Waals surface area contributed by atoms with Crippen molar-refractivity contribution in [2.24, 2.45) is 0 Å². The quantitative estimate of drug-likeness (QED) is 0.739. The van der Waals surface area contributed by atoms with Crippen LogP contribution in [0.15, 0.2) is 34.8 Å². The molecule has 0 aliphatic rings. The first-order valence-electron chi connectivity index (χ1n) is 5.67. The van der Waals surface area contributed by atoms with Crippen LogP contribution in [0.1, 0.15) is 27.0 Å². The van der Waals surface area contributed by atoms with Crippen LogP contribution in [-0.4, -0.2) is 5.78 Å². The van der Waals surface area contributed by atoms with Crippen molar-refractivity contribution in [2.75, 3.05) is 0 Å². The number of hydrogen-bond donors (Lipinski definition) is 0. The van der Waals surface area contributed by atoms with Crippen molar-refractivity contribution < 1.29 is 13.6 Å². The molecule has 2 aromatic rings. The molecule has 0 aliphatic carbocycles. The third-order valence-corrected chi connectivity index (χ3v) is 4.15. The monoisotopic (exact) mass is 324 g/mol. The summed E-state index contributed by atoms with van der Waals surface area (Å²) in [4.78, 5) is 12.2. The average molecular weight is 325 g/mol. The normalized spacial score (nSPS) is 10.6. The zero-order valence-corrected chi connectivity index (χ0v) is 12.0. The van der Waals surface area contributed by atoms with Crippen LogP contribution in [0, 0.1) is 25.5 Å². The molecule has 98 valence electrons. The van der Waals surface area contributed by atoms with E-state index in [2.05, 4.69) is 15.9 Å². The largest absolute Gasteiger partial charge is 0.288 e. The zero-order chi connectivity index (χ0) is 14.2. The van der Waals surface area contributed by atoms with E-state index < -0.39 is 17.4 Å². The molecule has 0 unspecified atom stereocenters. The van der Waals surface area contributed by atoms with E-state index in [0.29, 0.717) is 5.56 Å². The molecule has 0 bridgehead atoms. The molecule has 0 amide bonds. The Morgan fingerprint density at radius 2 is 1.68 bits per heavy atom. The number of carbonyl (C=O) groups is 1. The van der Waals surface area contributed by atoms with Gasteiger partial charge in [0.05, 0.1) is 5.56 Å². The van der Waals surface area contributed by atoms with E-state index in [0.717, 1.165) is 21.7 Å². The van der Waals surface area contributed by atoms with Gasteiger partial charge in [0.25, 0.3) is 0 Å². The first-order chi connectivity index (χ1) is 8.91. The molecule has 19 heavy (non-hydrogen) atoms. The van der Waals surface area contributed by atoms with Gasteiger partial charge in [-0.1, -0.05) is 22.0 Å². The highest BCUT2D eigenvalue weighted by atomic mass is 79.9. The molecular weight excluding hydrogens is 314 g/mol. The third-order valence-electron chi connectivity index (χ3n) is 2.89. The smallest absolute Gasteiger partial charge is 0.196 e. The van der Waals surface area contributed by atoms with E-state index in [1.807, 2.05) is 13.8 Å². The summed E-state index contributed by atoms with van der Waals surface area (Å²) in [6.07, 6.45) is 0. The second-order valence-electron chi connectivity index (χ2n) is 4.35. The van der Waals surface area contributed by atoms with Crippen molar-refractivity contribution in [3.05, 3.63) is 68.7 Å². The lowest BCUT2D eigenvalue weighted by atomic mass is 9.99. The van der Waals surface area contributed by atoms with E-state index in [1.165, 1.54) is 12.1 Å². The highest BCUT2D eigenvalue weighted by Gasteiger charge is 2.18. The predicted molar refractivity (Wildman–Crippen MR) is 73.4 cm³/mol. The van der Waals surface area contributed by atoms with Crippen LogP contribution < -0.4 is 0 Å². The topological polar surface area (TPSA) is 17.1 Å². The molecule has 0 radical (unpaired) electrons. The summed E-state index contributed by atoms with van der Waals surface area (Å²) in [5, 5.41) is 0. The molecule has 0 heterocycles. The fourth-order valence-electron chi connectivity index (χ4n) is 1.91. The minimum Gasteiger partial charge on any atom is -0.288 e. The lowest BCUT2D eigenvalue weighted by molar-refractivity contribution is 0.103. The van der Waals surface area contributed by atoms with Gasteiger partial charge >= 0.3 is 0 Å². The molecule has 2 aromatic carbocycles. The van der Waals surface area contributed by atoms with Gasteiger partial charge in [-0.3, -0.25) is 4.79 Å². The number of ketones is 1.